The lowest BCUT2D eigenvalue weighted by Crippen LogP contribution is -2.26. The number of nitrogens with zero attached hydrogens (tertiary/aromatic N) is 2. The monoisotopic (exact) mass is 327 g/mol. The third-order valence-corrected chi connectivity index (χ3v) is 4.68. The number of anilines is 2. The van der Waals surface area contributed by atoms with Gasteiger partial charge in [-0.3, -0.25) is 0 Å². The van der Waals surface area contributed by atoms with E-state index in [1.54, 1.807) is 17.7 Å². The quantitative estimate of drug-likeness (QED) is 0.785. The van der Waals surface area contributed by atoms with Crippen LogP contribution in [0.15, 0.2) is 42.0 Å². The first-order chi connectivity index (χ1) is 11.4. The highest BCUT2D eigenvalue weighted by atomic mass is 32.1. The van der Waals surface area contributed by atoms with E-state index in [9.17, 15) is 0 Å². The van der Waals surface area contributed by atoms with Crippen molar-refractivity contribution in [3.8, 4) is 5.75 Å². The van der Waals surface area contributed by atoms with Crippen molar-refractivity contribution in [2.24, 2.45) is 0 Å². The molecule has 0 bridgehead atoms. The molecule has 0 radical (unpaired) electrons. The molecule has 1 fully saturated rings. The largest absolute Gasteiger partial charge is 0.488 e. The number of aromatic nitrogens is 2. The molecule has 0 saturated carbocycles. The summed E-state index contributed by atoms with van der Waals surface area (Å²) in [6.07, 6.45) is 3.65. The molecular weight excluding hydrogens is 310 g/mol. The molecule has 1 saturated heterocycles. The van der Waals surface area contributed by atoms with Crippen molar-refractivity contribution in [3.05, 3.63) is 42.0 Å². The Kier molecular flexibility index (Phi) is 4.08. The normalized spacial score (nSPS) is 15.7. The zero-order valence-corrected chi connectivity index (χ0v) is 13.4. The van der Waals surface area contributed by atoms with Crippen molar-refractivity contribution in [1.29, 1.82) is 0 Å². The first kappa shape index (κ1) is 14.4. The Morgan fingerprint density at radius 1 is 1.13 bits per heavy atom. The Labute approximate surface area is 138 Å². The van der Waals surface area contributed by atoms with Crippen LogP contribution >= 0.6 is 11.3 Å². The zero-order chi connectivity index (χ0) is 15.5. The van der Waals surface area contributed by atoms with Crippen molar-refractivity contribution in [2.45, 2.75) is 18.9 Å². The second kappa shape index (κ2) is 6.52. The molecule has 1 N–H and O–H groups in total. The third kappa shape index (κ3) is 3.13. The number of ether oxygens (including phenoxy) is 2. The van der Waals surface area contributed by atoms with Crippen molar-refractivity contribution in [1.82, 2.24) is 9.97 Å². The molecule has 2 aromatic heterocycles. The van der Waals surface area contributed by atoms with Crippen LogP contribution < -0.4 is 10.1 Å². The molecule has 4 rings (SSSR count). The maximum Gasteiger partial charge on any atom is 0.143 e. The lowest BCUT2D eigenvalue weighted by Gasteiger charge is -2.24. The van der Waals surface area contributed by atoms with E-state index in [2.05, 4.69) is 15.3 Å². The van der Waals surface area contributed by atoms with Crippen LogP contribution in [0.5, 0.6) is 5.75 Å². The van der Waals surface area contributed by atoms with Crippen LogP contribution in [0.2, 0.25) is 0 Å². The molecule has 3 heterocycles. The summed E-state index contributed by atoms with van der Waals surface area (Å²) in [5.74, 6) is 1.65. The molecule has 1 aromatic carbocycles. The summed E-state index contributed by atoms with van der Waals surface area (Å²) in [6.45, 7) is 1.53. The summed E-state index contributed by atoms with van der Waals surface area (Å²) in [5.41, 5.74) is 0.921. The van der Waals surface area contributed by atoms with Gasteiger partial charge in [0.2, 0.25) is 0 Å². The average Bonchev–Trinajstić information content (AvgIpc) is 3.07. The molecule has 3 aromatic rings. The molecule has 23 heavy (non-hydrogen) atoms. The van der Waals surface area contributed by atoms with Crippen LogP contribution in [0.4, 0.5) is 11.5 Å². The number of benzene rings is 1. The molecule has 1 aliphatic heterocycles. The van der Waals surface area contributed by atoms with Crippen LogP contribution in [-0.4, -0.2) is 29.3 Å². The van der Waals surface area contributed by atoms with Gasteiger partial charge in [-0.15, -0.1) is 11.3 Å². The number of hydrogen-bond acceptors (Lipinski definition) is 6. The van der Waals surface area contributed by atoms with Crippen LogP contribution in [0.3, 0.4) is 0 Å². The lowest BCUT2D eigenvalue weighted by molar-refractivity contribution is 0.0258. The average molecular weight is 327 g/mol. The van der Waals surface area contributed by atoms with Gasteiger partial charge in [-0.05, 0) is 23.6 Å². The fourth-order valence-electron chi connectivity index (χ4n) is 2.66. The van der Waals surface area contributed by atoms with Gasteiger partial charge in [0.25, 0.3) is 0 Å². The van der Waals surface area contributed by atoms with Gasteiger partial charge in [-0.2, -0.15) is 0 Å². The molecule has 118 valence electrons. The Morgan fingerprint density at radius 2 is 2.00 bits per heavy atom. The highest BCUT2D eigenvalue weighted by Crippen LogP contribution is 2.32. The number of thiophene rings is 1. The Bertz CT molecular complexity index is 799. The maximum absolute atomic E-state index is 6.17. The van der Waals surface area contributed by atoms with Gasteiger partial charge >= 0.3 is 0 Å². The fraction of sp³-hybridized carbons (Fsp3) is 0.294. The molecule has 1 aliphatic rings. The van der Waals surface area contributed by atoms with Gasteiger partial charge in [0.15, 0.2) is 0 Å². The molecule has 0 unspecified atom stereocenters. The molecular formula is C17H17N3O2S. The van der Waals surface area contributed by atoms with E-state index >= 15 is 0 Å². The second-order valence-corrected chi connectivity index (χ2v) is 6.31. The van der Waals surface area contributed by atoms with Gasteiger partial charge in [-0.1, -0.05) is 12.1 Å². The van der Waals surface area contributed by atoms with E-state index in [4.69, 9.17) is 9.47 Å². The number of para-hydroxylation sites is 2. The Morgan fingerprint density at radius 3 is 2.91 bits per heavy atom. The smallest absolute Gasteiger partial charge is 0.143 e. The molecule has 0 spiro atoms. The van der Waals surface area contributed by atoms with Crippen LogP contribution in [0.25, 0.3) is 10.2 Å². The van der Waals surface area contributed by atoms with Crippen molar-refractivity contribution in [2.75, 3.05) is 18.5 Å². The topological polar surface area (TPSA) is 56.3 Å². The van der Waals surface area contributed by atoms with E-state index < -0.39 is 0 Å². The molecule has 0 atom stereocenters. The van der Waals surface area contributed by atoms with E-state index in [1.165, 1.54) is 0 Å². The van der Waals surface area contributed by atoms with E-state index in [0.717, 1.165) is 53.5 Å². The summed E-state index contributed by atoms with van der Waals surface area (Å²) in [6, 6.07) is 10.0. The minimum Gasteiger partial charge on any atom is -0.488 e. The Balaban J connectivity index is 1.60. The van der Waals surface area contributed by atoms with Gasteiger partial charge in [0.05, 0.1) is 24.3 Å². The van der Waals surface area contributed by atoms with Crippen molar-refractivity contribution >= 4 is 33.1 Å². The lowest BCUT2D eigenvalue weighted by atomic mass is 10.1. The minimum atomic E-state index is 0.207. The van der Waals surface area contributed by atoms with Crippen LogP contribution in [0, 0.1) is 0 Å². The standard InChI is InChI=1S/C17H17N3O2S/c1-2-4-15(22-12-5-8-21-9-6-12)14(3-1)20-16-13-7-10-23-17(13)19-11-18-16/h1-4,7,10-12H,5-6,8-9H2,(H,18,19,20). The highest BCUT2D eigenvalue weighted by Gasteiger charge is 2.17. The predicted molar refractivity (Wildman–Crippen MR) is 91.6 cm³/mol. The maximum atomic E-state index is 6.17. The summed E-state index contributed by atoms with van der Waals surface area (Å²) in [7, 11) is 0. The number of fused-ring (bicyclic) bond motifs is 1. The summed E-state index contributed by atoms with van der Waals surface area (Å²) in [5, 5.41) is 6.44. The van der Waals surface area contributed by atoms with Crippen LogP contribution in [0.1, 0.15) is 12.8 Å². The zero-order valence-electron chi connectivity index (χ0n) is 12.6. The molecule has 0 aliphatic carbocycles. The number of hydrogen-bond donors (Lipinski definition) is 1. The predicted octanol–water partition coefficient (Wildman–Crippen LogP) is 3.99. The van der Waals surface area contributed by atoms with E-state index in [-0.39, 0.29) is 6.10 Å². The summed E-state index contributed by atoms with van der Waals surface area (Å²) < 4.78 is 11.6. The fourth-order valence-corrected chi connectivity index (χ4v) is 3.40. The molecule has 0 amide bonds. The first-order valence-corrected chi connectivity index (χ1v) is 8.57. The van der Waals surface area contributed by atoms with Gasteiger partial charge in [0, 0.05) is 12.8 Å². The van der Waals surface area contributed by atoms with Gasteiger partial charge in [-0.25, -0.2) is 9.97 Å². The highest BCUT2D eigenvalue weighted by molar-refractivity contribution is 7.16. The third-order valence-electron chi connectivity index (χ3n) is 3.86. The molecule has 6 heteroatoms. The summed E-state index contributed by atoms with van der Waals surface area (Å²) in [4.78, 5) is 9.63. The molecule has 5 nitrogen and oxygen atoms in total. The number of rotatable bonds is 4. The van der Waals surface area contributed by atoms with Crippen molar-refractivity contribution in [3.63, 3.8) is 0 Å². The summed E-state index contributed by atoms with van der Waals surface area (Å²) >= 11 is 1.61. The number of nitrogens with one attached hydrogen (secondary N) is 1. The Hall–Kier alpha value is -2.18. The van der Waals surface area contributed by atoms with Gasteiger partial charge < -0.3 is 14.8 Å². The van der Waals surface area contributed by atoms with Crippen LogP contribution in [-0.2, 0) is 4.74 Å². The SMILES string of the molecule is c1ccc(OC2CCOCC2)c(Nc2ncnc3sccc23)c1. The second-order valence-electron chi connectivity index (χ2n) is 5.41. The first-order valence-electron chi connectivity index (χ1n) is 7.69. The van der Waals surface area contributed by atoms with Crippen molar-refractivity contribution < 1.29 is 9.47 Å². The minimum absolute atomic E-state index is 0.207. The van der Waals surface area contributed by atoms with E-state index in [1.807, 2.05) is 35.7 Å². The van der Waals surface area contributed by atoms with Gasteiger partial charge in [0.1, 0.15) is 28.8 Å². The van der Waals surface area contributed by atoms with E-state index in [0.29, 0.717) is 0 Å².